The van der Waals surface area contributed by atoms with Gasteiger partial charge in [-0.3, -0.25) is 4.79 Å². The van der Waals surface area contributed by atoms with Crippen LogP contribution in [0, 0.1) is 5.82 Å². The number of likely N-dealkylation sites (tertiary alicyclic amines) is 1. The molecule has 2 aliphatic rings. The molecule has 1 amide bonds. The smallest absolute Gasteiger partial charge is 0.344 e. The minimum Gasteiger partial charge on any atom is -0.493 e. The molecule has 0 bridgehead atoms. The Morgan fingerprint density at radius 2 is 1.73 bits per heavy atom. The largest absolute Gasteiger partial charge is 0.493 e. The Hall–Kier alpha value is -4.57. The first kappa shape index (κ1) is 31.8. The van der Waals surface area contributed by atoms with Crippen molar-refractivity contribution in [1.29, 1.82) is 0 Å². The van der Waals surface area contributed by atoms with Crippen LogP contribution in [0.3, 0.4) is 0 Å². The summed E-state index contributed by atoms with van der Waals surface area (Å²) in [5.41, 5.74) is 5.74. The molecule has 1 aromatic heterocycles. The molecule has 0 radical (unpaired) electrons. The number of fused-ring (bicyclic) bond motifs is 1. The van der Waals surface area contributed by atoms with Gasteiger partial charge in [-0.15, -0.1) is 0 Å². The second kappa shape index (κ2) is 14.0. The third-order valence-corrected chi connectivity index (χ3v) is 8.40. The molecule has 45 heavy (non-hydrogen) atoms. The molecular weight excluding hydrogens is 577 g/mol. The summed E-state index contributed by atoms with van der Waals surface area (Å²) in [6.07, 6.45) is 5.45. The number of methoxy groups -OCH3 is 2. The predicted molar refractivity (Wildman–Crippen MR) is 170 cm³/mol. The van der Waals surface area contributed by atoms with Crippen LogP contribution in [0.2, 0.25) is 0 Å². The van der Waals surface area contributed by atoms with Crippen LogP contribution >= 0.6 is 0 Å². The van der Waals surface area contributed by atoms with E-state index in [1.54, 1.807) is 18.2 Å². The quantitative estimate of drug-likeness (QED) is 0.295. The number of ether oxygens (including phenoxy) is 4. The maximum atomic E-state index is 14.4. The summed E-state index contributed by atoms with van der Waals surface area (Å²) in [7, 11) is 7.00. The van der Waals surface area contributed by atoms with Crippen molar-refractivity contribution in [2.45, 2.75) is 38.8 Å². The first-order chi connectivity index (χ1) is 21.7. The van der Waals surface area contributed by atoms with E-state index in [4.69, 9.17) is 18.9 Å². The topological polar surface area (TPSA) is 91.3 Å². The van der Waals surface area contributed by atoms with E-state index in [0.29, 0.717) is 29.4 Å². The molecule has 1 saturated heterocycles. The average Bonchev–Trinajstić information content (AvgIpc) is 3.55. The van der Waals surface area contributed by atoms with Crippen molar-refractivity contribution >= 4 is 29.1 Å². The Kier molecular flexibility index (Phi) is 9.93. The Bertz CT molecular complexity index is 1610. The Morgan fingerprint density at radius 3 is 2.38 bits per heavy atom. The summed E-state index contributed by atoms with van der Waals surface area (Å²) in [6, 6.07) is 12.1. The van der Waals surface area contributed by atoms with E-state index in [0.717, 1.165) is 59.5 Å². The van der Waals surface area contributed by atoms with Gasteiger partial charge < -0.3 is 33.7 Å². The lowest BCUT2D eigenvalue weighted by Crippen LogP contribution is -2.36. The fourth-order valence-corrected chi connectivity index (χ4v) is 5.82. The van der Waals surface area contributed by atoms with Gasteiger partial charge in [0.2, 0.25) is 11.7 Å². The highest BCUT2D eigenvalue weighted by molar-refractivity contribution is 6.08. The summed E-state index contributed by atoms with van der Waals surface area (Å²) < 4.78 is 39.1. The number of rotatable bonds is 11. The van der Waals surface area contributed by atoms with Crippen molar-refractivity contribution < 1.29 is 32.9 Å². The molecular formula is C35H40FN3O6. The molecule has 1 fully saturated rings. The fraction of sp³-hybridized carbons (Fsp3) is 0.371. The number of nitrogens with zero attached hydrogens (tertiary/aromatic N) is 2. The molecule has 1 aliphatic carbocycles. The van der Waals surface area contributed by atoms with Crippen LogP contribution in [0.5, 0.6) is 17.2 Å². The molecule has 9 nitrogen and oxygen atoms in total. The van der Waals surface area contributed by atoms with Gasteiger partial charge in [-0.05, 0) is 103 Å². The monoisotopic (exact) mass is 617 g/mol. The van der Waals surface area contributed by atoms with Crippen LogP contribution in [0.15, 0.2) is 54.2 Å². The Balaban J connectivity index is 1.36. The molecule has 3 aromatic rings. The van der Waals surface area contributed by atoms with Gasteiger partial charge >= 0.3 is 5.97 Å². The average molecular weight is 618 g/mol. The number of carbonyl (C=O) groups excluding carboxylic acids is 2. The van der Waals surface area contributed by atoms with Gasteiger partial charge in [0.15, 0.2) is 18.1 Å². The predicted octanol–water partition coefficient (Wildman–Crippen LogP) is 5.23. The summed E-state index contributed by atoms with van der Waals surface area (Å²) >= 11 is 0. The number of halogens is 1. The molecule has 5 rings (SSSR count). The number of hydrogen-bond donors (Lipinski definition) is 1. The van der Waals surface area contributed by atoms with E-state index in [-0.39, 0.29) is 30.9 Å². The summed E-state index contributed by atoms with van der Waals surface area (Å²) in [6.45, 7) is 3.82. The second-order valence-corrected chi connectivity index (χ2v) is 11.5. The van der Waals surface area contributed by atoms with Crippen LogP contribution in [-0.2, 0) is 27.9 Å². The van der Waals surface area contributed by atoms with Gasteiger partial charge in [-0.2, -0.15) is 0 Å². The molecule has 0 atom stereocenters. The van der Waals surface area contributed by atoms with Gasteiger partial charge in [0, 0.05) is 32.0 Å². The zero-order valence-electron chi connectivity index (χ0n) is 26.4. The van der Waals surface area contributed by atoms with Crippen LogP contribution in [0.4, 0.5) is 4.39 Å². The zero-order chi connectivity index (χ0) is 32.1. The number of aromatic nitrogens is 1. The van der Waals surface area contributed by atoms with Crippen LogP contribution in [-0.4, -0.2) is 68.4 Å². The minimum absolute atomic E-state index is 0.108. The number of hydrogen-bond acceptors (Lipinski definition) is 7. The number of amides is 1. The first-order valence-electron chi connectivity index (χ1n) is 15.0. The number of nitrogens with one attached hydrogen (secondary N) is 1. The van der Waals surface area contributed by atoms with Crippen LogP contribution in [0.1, 0.15) is 48.6 Å². The van der Waals surface area contributed by atoms with Crippen molar-refractivity contribution in [3.63, 3.8) is 0 Å². The van der Waals surface area contributed by atoms with Crippen molar-refractivity contribution in [1.82, 2.24) is 14.8 Å². The van der Waals surface area contributed by atoms with Crippen molar-refractivity contribution in [2.24, 2.45) is 7.05 Å². The standard InChI is InChI=1S/C35H40FN3O6/c1-22-28(27-9-8-24(36)18-30(27)29(22)19-33(40)37-20-25-7-6-12-39(25)3)15-23-16-31(42-4)35(32(17-23)43-5)44-21-34(41)45-26-10-13-38(2)14-11-26/h6-9,12,15-18,26H,10-11,13-14,19-21H2,1-5H3,(H,37,40)/b28-15-. The summed E-state index contributed by atoms with van der Waals surface area (Å²) in [5, 5.41) is 2.98. The molecule has 1 aliphatic heterocycles. The lowest BCUT2D eigenvalue weighted by Gasteiger charge is -2.28. The minimum atomic E-state index is -0.448. The third-order valence-electron chi connectivity index (χ3n) is 8.40. The Morgan fingerprint density at radius 1 is 1.02 bits per heavy atom. The van der Waals surface area contributed by atoms with Crippen molar-refractivity contribution in [3.8, 4) is 17.2 Å². The Labute approximate surface area is 263 Å². The fourth-order valence-electron chi connectivity index (χ4n) is 5.82. The number of aryl methyl sites for hydroxylation is 1. The first-order valence-corrected chi connectivity index (χ1v) is 15.0. The maximum Gasteiger partial charge on any atom is 0.344 e. The van der Waals surface area contributed by atoms with E-state index < -0.39 is 5.97 Å². The van der Waals surface area contributed by atoms with Crippen LogP contribution in [0.25, 0.3) is 17.2 Å². The van der Waals surface area contributed by atoms with E-state index in [9.17, 15) is 14.0 Å². The SMILES string of the molecule is COc1cc(/C=C2/C(C)=C(CC(=O)NCc3cccn3C)c3cc(F)ccc32)cc(OC)c1OCC(=O)OC1CCN(C)CC1. The van der Waals surface area contributed by atoms with Crippen molar-refractivity contribution in [3.05, 3.63) is 82.4 Å². The normalized spacial score (nSPS) is 16.1. The molecule has 2 heterocycles. The van der Waals surface area contributed by atoms with Gasteiger partial charge in [0.25, 0.3) is 0 Å². The highest BCUT2D eigenvalue weighted by Gasteiger charge is 2.27. The van der Waals surface area contributed by atoms with E-state index in [2.05, 4.69) is 10.2 Å². The van der Waals surface area contributed by atoms with Gasteiger partial charge in [0.05, 0.1) is 27.2 Å². The number of carbonyl (C=O) groups is 2. The number of piperidine rings is 1. The van der Waals surface area contributed by atoms with Crippen molar-refractivity contribution in [2.75, 3.05) is 41.0 Å². The number of esters is 1. The zero-order valence-corrected chi connectivity index (χ0v) is 26.4. The van der Waals surface area contributed by atoms with E-state index >= 15 is 0 Å². The summed E-state index contributed by atoms with van der Waals surface area (Å²) in [5.74, 6) is 0.0832. The summed E-state index contributed by atoms with van der Waals surface area (Å²) in [4.78, 5) is 27.8. The molecule has 238 valence electrons. The molecule has 0 saturated carbocycles. The molecule has 0 spiro atoms. The molecule has 1 N–H and O–H groups in total. The number of allylic oxidation sites excluding steroid dienone is 2. The highest BCUT2D eigenvalue weighted by atomic mass is 19.1. The molecule has 0 unspecified atom stereocenters. The van der Waals surface area contributed by atoms with E-state index in [1.807, 2.05) is 50.0 Å². The molecule has 2 aromatic carbocycles. The maximum absolute atomic E-state index is 14.4. The lowest BCUT2D eigenvalue weighted by molar-refractivity contribution is -0.153. The van der Waals surface area contributed by atoms with Gasteiger partial charge in [-0.25, -0.2) is 9.18 Å². The highest BCUT2D eigenvalue weighted by Crippen LogP contribution is 2.45. The van der Waals surface area contributed by atoms with Crippen LogP contribution < -0.4 is 19.5 Å². The second-order valence-electron chi connectivity index (χ2n) is 11.5. The van der Waals surface area contributed by atoms with E-state index in [1.165, 1.54) is 26.4 Å². The molecule has 10 heteroatoms. The lowest BCUT2D eigenvalue weighted by atomic mass is 10.00. The van der Waals surface area contributed by atoms with Gasteiger partial charge in [-0.1, -0.05) is 6.07 Å². The third kappa shape index (κ3) is 7.39. The van der Waals surface area contributed by atoms with Gasteiger partial charge in [0.1, 0.15) is 11.9 Å². The number of benzene rings is 2.